The SMILES string of the molecule is CNc1ccnc(COc2ccc(Cl)cc2Br)c1. The number of hydrogen-bond donors (Lipinski definition) is 1. The molecule has 0 bridgehead atoms. The summed E-state index contributed by atoms with van der Waals surface area (Å²) >= 11 is 9.27. The Morgan fingerprint density at radius 1 is 1.33 bits per heavy atom. The Bertz CT molecular complexity index is 548. The number of ether oxygens (including phenoxy) is 1. The molecule has 2 rings (SSSR count). The van der Waals surface area contributed by atoms with E-state index in [-0.39, 0.29) is 0 Å². The summed E-state index contributed by atoms with van der Waals surface area (Å²) in [5.41, 5.74) is 1.88. The third-order valence-electron chi connectivity index (χ3n) is 2.37. The minimum Gasteiger partial charge on any atom is -0.486 e. The Kier molecular flexibility index (Phi) is 4.44. The van der Waals surface area contributed by atoms with Crippen LogP contribution in [0.5, 0.6) is 5.75 Å². The van der Waals surface area contributed by atoms with Gasteiger partial charge in [-0.2, -0.15) is 0 Å². The summed E-state index contributed by atoms with van der Waals surface area (Å²) in [6.45, 7) is 0.412. The number of rotatable bonds is 4. The van der Waals surface area contributed by atoms with Crippen molar-refractivity contribution < 1.29 is 4.74 Å². The highest BCUT2D eigenvalue weighted by Crippen LogP contribution is 2.28. The average Bonchev–Trinajstić information content (AvgIpc) is 2.38. The first-order valence-electron chi connectivity index (χ1n) is 5.39. The molecule has 94 valence electrons. The van der Waals surface area contributed by atoms with Gasteiger partial charge in [0.1, 0.15) is 12.4 Å². The predicted octanol–water partition coefficient (Wildman–Crippen LogP) is 4.12. The molecule has 0 fully saturated rings. The van der Waals surface area contributed by atoms with Crippen molar-refractivity contribution in [1.29, 1.82) is 0 Å². The van der Waals surface area contributed by atoms with Crippen molar-refractivity contribution in [3.05, 3.63) is 51.7 Å². The fourth-order valence-corrected chi connectivity index (χ4v) is 2.25. The van der Waals surface area contributed by atoms with E-state index in [2.05, 4.69) is 26.2 Å². The van der Waals surface area contributed by atoms with Crippen molar-refractivity contribution in [3.8, 4) is 5.75 Å². The first-order valence-corrected chi connectivity index (χ1v) is 6.56. The minimum absolute atomic E-state index is 0.412. The molecule has 0 unspecified atom stereocenters. The molecule has 0 spiro atoms. The maximum atomic E-state index is 5.87. The molecule has 0 amide bonds. The molecule has 0 atom stereocenters. The van der Waals surface area contributed by atoms with Gasteiger partial charge in [0.2, 0.25) is 0 Å². The molecule has 0 aliphatic carbocycles. The van der Waals surface area contributed by atoms with E-state index in [0.29, 0.717) is 11.6 Å². The van der Waals surface area contributed by atoms with Gasteiger partial charge in [-0.3, -0.25) is 4.98 Å². The topological polar surface area (TPSA) is 34.2 Å². The van der Waals surface area contributed by atoms with Crippen molar-refractivity contribution >= 4 is 33.2 Å². The molecule has 2 aromatic rings. The number of nitrogens with zero attached hydrogens (tertiary/aromatic N) is 1. The standard InChI is InChI=1S/C13H12BrClN2O/c1-16-10-4-5-17-11(7-10)8-18-13-3-2-9(15)6-12(13)14/h2-7H,8H2,1H3,(H,16,17). The molecule has 1 aromatic heterocycles. The number of pyridine rings is 1. The second-order valence-electron chi connectivity index (χ2n) is 3.65. The van der Waals surface area contributed by atoms with Gasteiger partial charge in [-0.1, -0.05) is 11.6 Å². The lowest BCUT2D eigenvalue weighted by molar-refractivity contribution is 0.299. The zero-order valence-electron chi connectivity index (χ0n) is 9.78. The van der Waals surface area contributed by atoms with Crippen LogP contribution >= 0.6 is 27.5 Å². The van der Waals surface area contributed by atoms with Crippen LogP contribution in [0.15, 0.2) is 41.0 Å². The number of nitrogens with one attached hydrogen (secondary N) is 1. The van der Waals surface area contributed by atoms with Crippen LogP contribution in [0.4, 0.5) is 5.69 Å². The van der Waals surface area contributed by atoms with Gasteiger partial charge < -0.3 is 10.1 Å². The molecule has 0 aliphatic rings. The molecule has 1 N–H and O–H groups in total. The monoisotopic (exact) mass is 326 g/mol. The van der Waals surface area contributed by atoms with Crippen LogP contribution < -0.4 is 10.1 Å². The van der Waals surface area contributed by atoms with Crippen molar-refractivity contribution in [2.75, 3.05) is 12.4 Å². The fraction of sp³-hybridized carbons (Fsp3) is 0.154. The highest BCUT2D eigenvalue weighted by atomic mass is 79.9. The van der Waals surface area contributed by atoms with E-state index in [4.69, 9.17) is 16.3 Å². The van der Waals surface area contributed by atoms with E-state index < -0.39 is 0 Å². The molecule has 0 aliphatic heterocycles. The first-order chi connectivity index (χ1) is 8.69. The van der Waals surface area contributed by atoms with Gasteiger partial charge in [0.25, 0.3) is 0 Å². The number of halogens is 2. The van der Waals surface area contributed by atoms with Crippen LogP contribution in [0.25, 0.3) is 0 Å². The van der Waals surface area contributed by atoms with Crippen LogP contribution in [-0.4, -0.2) is 12.0 Å². The van der Waals surface area contributed by atoms with Gasteiger partial charge >= 0.3 is 0 Å². The quantitative estimate of drug-likeness (QED) is 0.917. The van der Waals surface area contributed by atoms with E-state index in [1.807, 2.05) is 25.2 Å². The lowest BCUT2D eigenvalue weighted by atomic mass is 10.3. The molecule has 18 heavy (non-hydrogen) atoms. The van der Waals surface area contributed by atoms with E-state index in [1.165, 1.54) is 0 Å². The maximum absolute atomic E-state index is 5.87. The number of aromatic nitrogens is 1. The molecule has 1 heterocycles. The molecule has 5 heteroatoms. The Hall–Kier alpha value is -1.26. The average molecular weight is 328 g/mol. The summed E-state index contributed by atoms with van der Waals surface area (Å²) in [4.78, 5) is 4.24. The Balaban J connectivity index is 2.06. The lowest BCUT2D eigenvalue weighted by Crippen LogP contribution is -2.00. The molecular weight excluding hydrogens is 316 g/mol. The zero-order chi connectivity index (χ0) is 13.0. The summed E-state index contributed by atoms with van der Waals surface area (Å²) in [7, 11) is 1.87. The van der Waals surface area contributed by atoms with Crippen molar-refractivity contribution in [2.24, 2.45) is 0 Å². The van der Waals surface area contributed by atoms with E-state index in [0.717, 1.165) is 21.6 Å². The van der Waals surface area contributed by atoms with Crippen LogP contribution in [0.3, 0.4) is 0 Å². The highest BCUT2D eigenvalue weighted by molar-refractivity contribution is 9.10. The minimum atomic E-state index is 0.412. The highest BCUT2D eigenvalue weighted by Gasteiger charge is 2.03. The summed E-state index contributed by atoms with van der Waals surface area (Å²) in [6, 6.07) is 9.27. The second-order valence-corrected chi connectivity index (χ2v) is 4.94. The van der Waals surface area contributed by atoms with Crippen LogP contribution in [0.2, 0.25) is 5.02 Å². The molecule has 1 aromatic carbocycles. The van der Waals surface area contributed by atoms with Crippen molar-refractivity contribution in [1.82, 2.24) is 4.98 Å². The van der Waals surface area contributed by atoms with E-state index in [9.17, 15) is 0 Å². The summed E-state index contributed by atoms with van der Waals surface area (Å²) in [5.74, 6) is 0.746. The van der Waals surface area contributed by atoms with Gasteiger partial charge in [-0.25, -0.2) is 0 Å². The molecular formula is C13H12BrClN2O. The Morgan fingerprint density at radius 3 is 2.89 bits per heavy atom. The van der Waals surface area contributed by atoms with Crippen LogP contribution in [0, 0.1) is 0 Å². The fourth-order valence-electron chi connectivity index (χ4n) is 1.46. The van der Waals surface area contributed by atoms with Gasteiger partial charge in [0, 0.05) is 24.0 Å². The molecule has 0 saturated heterocycles. The molecule has 0 saturated carbocycles. The lowest BCUT2D eigenvalue weighted by Gasteiger charge is -2.09. The third kappa shape index (κ3) is 3.37. The van der Waals surface area contributed by atoms with Gasteiger partial charge in [0.15, 0.2) is 0 Å². The van der Waals surface area contributed by atoms with Gasteiger partial charge in [-0.15, -0.1) is 0 Å². The predicted molar refractivity (Wildman–Crippen MR) is 77.3 cm³/mol. The summed E-state index contributed by atoms with van der Waals surface area (Å²) < 4.78 is 6.51. The Labute approximate surface area is 119 Å². The third-order valence-corrected chi connectivity index (χ3v) is 3.23. The van der Waals surface area contributed by atoms with Gasteiger partial charge in [0.05, 0.1) is 10.2 Å². The normalized spacial score (nSPS) is 10.2. The molecule has 0 radical (unpaired) electrons. The van der Waals surface area contributed by atoms with E-state index in [1.54, 1.807) is 18.3 Å². The number of benzene rings is 1. The van der Waals surface area contributed by atoms with Gasteiger partial charge in [-0.05, 0) is 46.3 Å². The van der Waals surface area contributed by atoms with Crippen molar-refractivity contribution in [2.45, 2.75) is 6.61 Å². The first kappa shape index (κ1) is 13.2. The Morgan fingerprint density at radius 2 is 2.17 bits per heavy atom. The largest absolute Gasteiger partial charge is 0.486 e. The summed E-state index contributed by atoms with van der Waals surface area (Å²) in [5, 5.41) is 3.73. The summed E-state index contributed by atoms with van der Waals surface area (Å²) in [6.07, 6.45) is 1.75. The van der Waals surface area contributed by atoms with Crippen LogP contribution in [-0.2, 0) is 6.61 Å². The molecule has 3 nitrogen and oxygen atoms in total. The maximum Gasteiger partial charge on any atom is 0.134 e. The van der Waals surface area contributed by atoms with E-state index >= 15 is 0 Å². The zero-order valence-corrected chi connectivity index (χ0v) is 12.1. The van der Waals surface area contributed by atoms with Crippen molar-refractivity contribution in [3.63, 3.8) is 0 Å². The second kappa shape index (κ2) is 6.07. The smallest absolute Gasteiger partial charge is 0.134 e. The van der Waals surface area contributed by atoms with Crippen LogP contribution in [0.1, 0.15) is 5.69 Å². The number of hydrogen-bond acceptors (Lipinski definition) is 3. The number of anilines is 1.